The predicted molar refractivity (Wildman–Crippen MR) is 121 cm³/mol. The maximum Gasteiger partial charge on any atom is 0.273 e. The molecule has 33 heavy (non-hydrogen) atoms. The van der Waals surface area contributed by atoms with Crippen LogP contribution in [0.4, 0.5) is 0 Å². The molecule has 9 nitrogen and oxygen atoms in total. The topological polar surface area (TPSA) is 106 Å². The van der Waals surface area contributed by atoms with Crippen molar-refractivity contribution in [1.29, 1.82) is 0 Å². The molecule has 3 aromatic heterocycles. The third-order valence-corrected chi connectivity index (χ3v) is 5.90. The molecule has 4 rings (SSSR count). The van der Waals surface area contributed by atoms with E-state index in [0.29, 0.717) is 24.5 Å². The monoisotopic (exact) mass is 450 g/mol. The molecule has 1 saturated heterocycles. The molecule has 1 unspecified atom stereocenters. The molecule has 3 aromatic rings. The standard InChI is InChI=1S/C24H30N6O3/c1-24(2,3)21-13-19(29(4)27-21)23(32)30-11-6-5-9-18(30)20-12-17(28-33-20)22(31)26-15-16-8-7-10-25-14-16/h7-8,10,12-14,18H,5-6,9,11,15H2,1-4H3,(H,26,31). The molecule has 1 atom stereocenters. The molecule has 0 bridgehead atoms. The Bertz CT molecular complexity index is 1130. The number of piperidine rings is 1. The van der Waals surface area contributed by atoms with E-state index in [0.717, 1.165) is 30.5 Å². The summed E-state index contributed by atoms with van der Waals surface area (Å²) in [5, 5.41) is 11.3. The van der Waals surface area contributed by atoms with Gasteiger partial charge in [0.1, 0.15) is 5.69 Å². The summed E-state index contributed by atoms with van der Waals surface area (Å²) in [5.41, 5.74) is 2.35. The van der Waals surface area contributed by atoms with Crippen LogP contribution < -0.4 is 5.32 Å². The maximum absolute atomic E-state index is 13.5. The second-order valence-corrected chi connectivity index (χ2v) is 9.46. The third kappa shape index (κ3) is 4.97. The number of hydrogen-bond donors (Lipinski definition) is 1. The summed E-state index contributed by atoms with van der Waals surface area (Å²) < 4.78 is 7.19. The van der Waals surface area contributed by atoms with Crippen molar-refractivity contribution in [3.8, 4) is 0 Å². The summed E-state index contributed by atoms with van der Waals surface area (Å²) in [6.07, 6.45) is 6.02. The van der Waals surface area contributed by atoms with Gasteiger partial charge in [0.05, 0.1) is 11.7 Å². The Kier molecular flexibility index (Phi) is 6.31. The van der Waals surface area contributed by atoms with E-state index in [1.54, 1.807) is 30.2 Å². The minimum absolute atomic E-state index is 0.0934. The van der Waals surface area contributed by atoms with Crippen molar-refractivity contribution in [1.82, 2.24) is 30.1 Å². The lowest BCUT2D eigenvalue weighted by Gasteiger charge is -2.34. The van der Waals surface area contributed by atoms with E-state index in [1.165, 1.54) is 0 Å². The van der Waals surface area contributed by atoms with Crippen LogP contribution in [0.25, 0.3) is 0 Å². The number of nitrogens with zero attached hydrogens (tertiary/aromatic N) is 5. The first-order valence-electron chi connectivity index (χ1n) is 11.2. The van der Waals surface area contributed by atoms with Crippen LogP contribution in [0.1, 0.15) is 84.1 Å². The summed E-state index contributed by atoms with van der Waals surface area (Å²) in [6, 6.07) is 6.93. The highest BCUT2D eigenvalue weighted by Gasteiger charge is 2.34. The number of aryl methyl sites for hydroxylation is 1. The average Bonchev–Trinajstić information content (AvgIpc) is 3.45. The van der Waals surface area contributed by atoms with Crippen molar-refractivity contribution in [3.05, 3.63) is 65.1 Å². The maximum atomic E-state index is 13.5. The number of nitrogens with one attached hydrogen (secondary N) is 1. The molecule has 0 saturated carbocycles. The Morgan fingerprint density at radius 1 is 1.24 bits per heavy atom. The van der Waals surface area contributed by atoms with Crippen molar-refractivity contribution < 1.29 is 14.1 Å². The molecular formula is C24H30N6O3. The highest BCUT2D eigenvalue weighted by molar-refractivity contribution is 5.93. The Morgan fingerprint density at radius 3 is 2.76 bits per heavy atom. The van der Waals surface area contributed by atoms with Gasteiger partial charge in [0.2, 0.25) is 0 Å². The lowest BCUT2D eigenvalue weighted by atomic mass is 9.92. The Labute approximate surface area is 193 Å². The highest BCUT2D eigenvalue weighted by atomic mass is 16.5. The average molecular weight is 451 g/mol. The van der Waals surface area contributed by atoms with Crippen LogP contribution >= 0.6 is 0 Å². The highest BCUT2D eigenvalue weighted by Crippen LogP contribution is 2.33. The van der Waals surface area contributed by atoms with Crippen molar-refractivity contribution in [2.45, 2.75) is 58.0 Å². The third-order valence-electron chi connectivity index (χ3n) is 5.90. The van der Waals surface area contributed by atoms with Gasteiger partial charge in [-0.15, -0.1) is 0 Å². The summed E-state index contributed by atoms with van der Waals surface area (Å²) in [7, 11) is 1.79. The largest absolute Gasteiger partial charge is 0.358 e. The number of carbonyl (C=O) groups is 2. The fourth-order valence-electron chi connectivity index (χ4n) is 3.98. The molecule has 0 aliphatic carbocycles. The molecule has 1 aliphatic rings. The Morgan fingerprint density at radius 2 is 2.06 bits per heavy atom. The van der Waals surface area contributed by atoms with Gasteiger partial charge in [-0.3, -0.25) is 19.3 Å². The van der Waals surface area contributed by atoms with E-state index in [9.17, 15) is 9.59 Å². The van der Waals surface area contributed by atoms with Crippen molar-refractivity contribution in [2.75, 3.05) is 6.54 Å². The van der Waals surface area contributed by atoms with Gasteiger partial charge in [0, 0.05) is 44.0 Å². The zero-order valence-corrected chi connectivity index (χ0v) is 19.5. The van der Waals surface area contributed by atoms with E-state index in [2.05, 4.69) is 41.3 Å². The SMILES string of the molecule is Cn1nc(C(C)(C)C)cc1C(=O)N1CCCCC1c1cc(C(=O)NCc2cccnc2)no1. The molecule has 174 valence electrons. The van der Waals surface area contributed by atoms with Gasteiger partial charge in [-0.2, -0.15) is 5.10 Å². The smallest absolute Gasteiger partial charge is 0.273 e. The molecule has 0 aromatic carbocycles. The van der Waals surface area contributed by atoms with E-state index in [4.69, 9.17) is 4.52 Å². The number of amides is 2. The molecule has 1 N–H and O–H groups in total. The first-order valence-corrected chi connectivity index (χ1v) is 11.2. The van der Waals surface area contributed by atoms with Crippen molar-refractivity contribution in [3.63, 3.8) is 0 Å². The number of aromatic nitrogens is 4. The second-order valence-electron chi connectivity index (χ2n) is 9.46. The summed E-state index contributed by atoms with van der Waals surface area (Å²) >= 11 is 0. The zero-order valence-electron chi connectivity index (χ0n) is 19.5. The van der Waals surface area contributed by atoms with Gasteiger partial charge in [-0.1, -0.05) is 32.0 Å². The first kappa shape index (κ1) is 22.7. The molecule has 4 heterocycles. The van der Waals surface area contributed by atoms with Gasteiger partial charge in [-0.25, -0.2) is 0 Å². The van der Waals surface area contributed by atoms with E-state index < -0.39 is 0 Å². The molecule has 9 heteroatoms. The fraction of sp³-hybridized carbons (Fsp3) is 0.458. The Balaban J connectivity index is 1.50. The van der Waals surface area contributed by atoms with Crippen LogP contribution in [-0.4, -0.2) is 43.2 Å². The molecule has 2 amide bonds. The quantitative estimate of drug-likeness (QED) is 0.639. The fourth-order valence-corrected chi connectivity index (χ4v) is 3.98. The minimum Gasteiger partial charge on any atom is -0.358 e. The number of rotatable bonds is 5. The van der Waals surface area contributed by atoms with Crippen LogP contribution in [0.2, 0.25) is 0 Å². The van der Waals surface area contributed by atoms with Gasteiger partial charge < -0.3 is 14.7 Å². The van der Waals surface area contributed by atoms with Crippen LogP contribution in [0.5, 0.6) is 0 Å². The van der Waals surface area contributed by atoms with Crippen molar-refractivity contribution in [2.24, 2.45) is 7.05 Å². The normalized spacial score (nSPS) is 16.6. The van der Waals surface area contributed by atoms with E-state index >= 15 is 0 Å². The molecule has 1 fully saturated rings. The van der Waals surface area contributed by atoms with Crippen LogP contribution in [-0.2, 0) is 19.0 Å². The number of hydrogen-bond acceptors (Lipinski definition) is 6. The van der Waals surface area contributed by atoms with Crippen LogP contribution in [0.3, 0.4) is 0 Å². The summed E-state index contributed by atoms with van der Waals surface area (Å²) in [5.74, 6) is 0.0981. The van der Waals surface area contributed by atoms with Crippen LogP contribution in [0, 0.1) is 0 Å². The predicted octanol–water partition coefficient (Wildman–Crippen LogP) is 3.40. The second kappa shape index (κ2) is 9.17. The summed E-state index contributed by atoms with van der Waals surface area (Å²) in [4.78, 5) is 31.9. The number of pyridine rings is 1. The lowest BCUT2D eigenvalue weighted by Crippen LogP contribution is -2.39. The van der Waals surface area contributed by atoms with Gasteiger partial charge in [0.15, 0.2) is 11.5 Å². The zero-order chi connectivity index (χ0) is 23.6. The van der Waals surface area contributed by atoms with Gasteiger partial charge in [0.25, 0.3) is 11.8 Å². The van der Waals surface area contributed by atoms with Gasteiger partial charge in [-0.05, 0) is 37.0 Å². The number of carbonyl (C=O) groups excluding carboxylic acids is 2. The molecule has 0 spiro atoms. The number of likely N-dealkylation sites (tertiary alicyclic amines) is 1. The minimum atomic E-state index is -0.330. The lowest BCUT2D eigenvalue weighted by molar-refractivity contribution is 0.0558. The Hall–Kier alpha value is -3.49. The van der Waals surface area contributed by atoms with Crippen molar-refractivity contribution >= 4 is 11.8 Å². The molecule has 0 radical (unpaired) electrons. The molecular weight excluding hydrogens is 420 g/mol. The van der Waals surface area contributed by atoms with Gasteiger partial charge >= 0.3 is 0 Å². The molecule has 1 aliphatic heterocycles. The van der Waals surface area contributed by atoms with E-state index in [-0.39, 0.29) is 29.0 Å². The van der Waals surface area contributed by atoms with E-state index in [1.807, 2.05) is 23.1 Å². The summed E-state index contributed by atoms with van der Waals surface area (Å²) in [6.45, 7) is 7.18. The first-order chi connectivity index (χ1) is 15.7. The van der Waals surface area contributed by atoms with Crippen LogP contribution in [0.15, 0.2) is 41.2 Å².